The maximum Gasteiger partial charge on any atom is 0.107 e. The van der Waals surface area contributed by atoms with Crippen molar-refractivity contribution >= 4 is 0 Å². The van der Waals surface area contributed by atoms with Crippen LogP contribution in [0.3, 0.4) is 0 Å². The van der Waals surface area contributed by atoms with Crippen LogP contribution in [0, 0.1) is 19.3 Å². The molecule has 0 amide bonds. The highest BCUT2D eigenvalue weighted by Gasteiger charge is 2.13. The van der Waals surface area contributed by atoms with Crippen LogP contribution in [0.2, 0.25) is 0 Å². The van der Waals surface area contributed by atoms with E-state index in [9.17, 15) is 0 Å². The third-order valence-electron chi connectivity index (χ3n) is 1.87. The Morgan fingerprint density at radius 2 is 1.83 bits per heavy atom. The van der Waals surface area contributed by atoms with Crippen LogP contribution in [0.5, 0.6) is 0 Å². The van der Waals surface area contributed by atoms with Crippen LogP contribution in [0.1, 0.15) is 38.0 Å². The molecule has 0 aliphatic carbocycles. The molecule has 0 atom stereocenters. The molecule has 0 radical (unpaired) electrons. The number of aromatic amines is 1. The summed E-state index contributed by atoms with van der Waals surface area (Å²) in [4.78, 5) is 7.73. The minimum Gasteiger partial charge on any atom is -0.346 e. The SMILES string of the molecule is Cc1nc(CC(C)(C)C)[nH]c1C. The average molecular weight is 166 g/mol. The molecule has 0 bridgehead atoms. The van der Waals surface area contributed by atoms with Gasteiger partial charge >= 0.3 is 0 Å². The molecular weight excluding hydrogens is 148 g/mol. The van der Waals surface area contributed by atoms with Gasteiger partial charge in [0.2, 0.25) is 0 Å². The summed E-state index contributed by atoms with van der Waals surface area (Å²) in [6.45, 7) is 10.8. The number of aromatic nitrogens is 2. The Balaban J connectivity index is 2.77. The summed E-state index contributed by atoms with van der Waals surface area (Å²) in [6, 6.07) is 0. The second kappa shape index (κ2) is 2.92. The second-order valence-electron chi connectivity index (χ2n) is 4.63. The van der Waals surface area contributed by atoms with Crippen LogP contribution in [-0.2, 0) is 6.42 Å². The first-order valence-electron chi connectivity index (χ1n) is 4.40. The van der Waals surface area contributed by atoms with Gasteiger partial charge in [0.05, 0.1) is 5.69 Å². The normalized spacial score (nSPS) is 12.1. The summed E-state index contributed by atoms with van der Waals surface area (Å²) in [5.41, 5.74) is 2.62. The fraction of sp³-hybridized carbons (Fsp3) is 0.700. The Hall–Kier alpha value is -0.790. The third kappa shape index (κ3) is 2.36. The molecular formula is C10H18N2. The van der Waals surface area contributed by atoms with E-state index >= 15 is 0 Å². The molecule has 0 spiro atoms. The van der Waals surface area contributed by atoms with Crippen LogP contribution in [0.25, 0.3) is 0 Å². The molecule has 68 valence electrons. The number of rotatable bonds is 1. The number of hydrogen-bond acceptors (Lipinski definition) is 1. The van der Waals surface area contributed by atoms with Gasteiger partial charge in [-0.3, -0.25) is 0 Å². The first-order valence-corrected chi connectivity index (χ1v) is 4.40. The molecule has 12 heavy (non-hydrogen) atoms. The van der Waals surface area contributed by atoms with Crippen molar-refractivity contribution in [1.29, 1.82) is 0 Å². The van der Waals surface area contributed by atoms with E-state index in [1.807, 2.05) is 6.92 Å². The van der Waals surface area contributed by atoms with Crippen molar-refractivity contribution in [1.82, 2.24) is 9.97 Å². The molecule has 0 aromatic carbocycles. The van der Waals surface area contributed by atoms with E-state index < -0.39 is 0 Å². The number of hydrogen-bond donors (Lipinski definition) is 1. The van der Waals surface area contributed by atoms with E-state index in [2.05, 4.69) is 37.7 Å². The van der Waals surface area contributed by atoms with E-state index in [0.717, 1.165) is 17.9 Å². The molecule has 0 aliphatic rings. The molecule has 1 N–H and O–H groups in total. The van der Waals surface area contributed by atoms with E-state index in [0.29, 0.717) is 5.41 Å². The maximum absolute atomic E-state index is 4.44. The highest BCUT2D eigenvalue weighted by atomic mass is 14.9. The predicted molar refractivity (Wildman–Crippen MR) is 51.2 cm³/mol. The number of aryl methyl sites for hydroxylation is 2. The van der Waals surface area contributed by atoms with Crippen LogP contribution < -0.4 is 0 Å². The van der Waals surface area contributed by atoms with Gasteiger partial charge in [0.25, 0.3) is 0 Å². The quantitative estimate of drug-likeness (QED) is 0.682. The first kappa shape index (κ1) is 9.30. The summed E-state index contributed by atoms with van der Waals surface area (Å²) in [5.74, 6) is 1.11. The van der Waals surface area contributed by atoms with Gasteiger partial charge < -0.3 is 4.98 Å². The molecule has 2 heteroatoms. The smallest absolute Gasteiger partial charge is 0.107 e. The Kier molecular flexibility index (Phi) is 2.27. The molecule has 0 fully saturated rings. The molecule has 2 nitrogen and oxygen atoms in total. The minimum absolute atomic E-state index is 0.316. The Labute approximate surface area is 74.4 Å². The van der Waals surface area contributed by atoms with Crippen LogP contribution in [0.15, 0.2) is 0 Å². The summed E-state index contributed by atoms with van der Waals surface area (Å²) < 4.78 is 0. The van der Waals surface area contributed by atoms with Crippen molar-refractivity contribution in [3.8, 4) is 0 Å². The van der Waals surface area contributed by atoms with E-state index in [1.54, 1.807) is 0 Å². The fourth-order valence-corrected chi connectivity index (χ4v) is 1.21. The van der Waals surface area contributed by atoms with Crippen molar-refractivity contribution in [2.24, 2.45) is 5.41 Å². The maximum atomic E-state index is 4.44. The monoisotopic (exact) mass is 166 g/mol. The molecule has 1 heterocycles. The predicted octanol–water partition coefficient (Wildman–Crippen LogP) is 2.62. The van der Waals surface area contributed by atoms with E-state index in [1.165, 1.54) is 5.69 Å². The lowest BCUT2D eigenvalue weighted by Gasteiger charge is -2.15. The third-order valence-corrected chi connectivity index (χ3v) is 1.87. The largest absolute Gasteiger partial charge is 0.346 e. The Bertz CT molecular complexity index is 246. The lowest BCUT2D eigenvalue weighted by molar-refractivity contribution is 0.402. The van der Waals surface area contributed by atoms with Crippen molar-refractivity contribution < 1.29 is 0 Å². The summed E-state index contributed by atoms with van der Waals surface area (Å²) in [5, 5.41) is 0. The zero-order chi connectivity index (χ0) is 9.35. The molecule has 0 aliphatic heterocycles. The van der Waals surface area contributed by atoms with Gasteiger partial charge in [-0.2, -0.15) is 0 Å². The van der Waals surface area contributed by atoms with Gasteiger partial charge in [-0.15, -0.1) is 0 Å². The molecule has 1 aromatic rings. The van der Waals surface area contributed by atoms with Gasteiger partial charge in [-0.1, -0.05) is 20.8 Å². The topological polar surface area (TPSA) is 28.7 Å². The van der Waals surface area contributed by atoms with Gasteiger partial charge in [0, 0.05) is 12.1 Å². The number of imidazole rings is 1. The number of nitrogens with one attached hydrogen (secondary N) is 1. The fourth-order valence-electron chi connectivity index (χ4n) is 1.21. The van der Waals surface area contributed by atoms with Gasteiger partial charge in [-0.05, 0) is 19.3 Å². The van der Waals surface area contributed by atoms with Gasteiger partial charge in [0.15, 0.2) is 0 Å². The average Bonchev–Trinajstić information content (AvgIpc) is 2.07. The first-order chi connectivity index (χ1) is 5.38. The lowest BCUT2D eigenvalue weighted by atomic mass is 9.92. The van der Waals surface area contributed by atoms with Crippen LogP contribution in [-0.4, -0.2) is 9.97 Å². The summed E-state index contributed by atoms with van der Waals surface area (Å²) >= 11 is 0. The van der Waals surface area contributed by atoms with Gasteiger partial charge in [0.1, 0.15) is 5.82 Å². The zero-order valence-electron chi connectivity index (χ0n) is 8.65. The Morgan fingerprint density at radius 1 is 1.25 bits per heavy atom. The highest BCUT2D eigenvalue weighted by molar-refractivity contribution is 5.11. The van der Waals surface area contributed by atoms with E-state index in [-0.39, 0.29) is 0 Å². The van der Waals surface area contributed by atoms with Crippen molar-refractivity contribution in [3.05, 3.63) is 17.2 Å². The summed E-state index contributed by atoms with van der Waals surface area (Å²) in [7, 11) is 0. The lowest BCUT2D eigenvalue weighted by Crippen LogP contribution is -2.10. The standard InChI is InChI=1S/C10H18N2/c1-7-8(2)12-9(11-7)6-10(3,4)5/h6H2,1-5H3,(H,11,12). The summed E-state index contributed by atoms with van der Waals surface area (Å²) in [6.07, 6.45) is 1.02. The van der Waals surface area contributed by atoms with Crippen LogP contribution >= 0.6 is 0 Å². The van der Waals surface area contributed by atoms with Crippen molar-refractivity contribution in [3.63, 3.8) is 0 Å². The highest BCUT2D eigenvalue weighted by Crippen LogP contribution is 2.19. The van der Waals surface area contributed by atoms with E-state index in [4.69, 9.17) is 0 Å². The second-order valence-corrected chi connectivity index (χ2v) is 4.63. The number of nitrogens with zero attached hydrogens (tertiary/aromatic N) is 1. The minimum atomic E-state index is 0.316. The van der Waals surface area contributed by atoms with Crippen LogP contribution in [0.4, 0.5) is 0 Å². The molecule has 0 saturated carbocycles. The molecule has 1 aromatic heterocycles. The molecule has 0 unspecified atom stereocenters. The molecule has 1 rings (SSSR count). The number of H-pyrrole nitrogens is 1. The molecule has 0 saturated heterocycles. The van der Waals surface area contributed by atoms with Crippen molar-refractivity contribution in [2.75, 3.05) is 0 Å². The van der Waals surface area contributed by atoms with Crippen molar-refractivity contribution in [2.45, 2.75) is 41.0 Å². The zero-order valence-corrected chi connectivity index (χ0v) is 8.65. The Morgan fingerprint density at radius 3 is 2.17 bits per heavy atom. The van der Waals surface area contributed by atoms with Gasteiger partial charge in [-0.25, -0.2) is 4.98 Å².